The van der Waals surface area contributed by atoms with Gasteiger partial charge >= 0.3 is 6.09 Å². The molecule has 0 fully saturated rings. The van der Waals surface area contributed by atoms with Crippen molar-refractivity contribution in [3.8, 4) is 5.82 Å². The topological polar surface area (TPSA) is 73.2 Å². The molecule has 2 rings (SSSR count). The summed E-state index contributed by atoms with van der Waals surface area (Å²) < 4.78 is 6.49. The van der Waals surface area contributed by atoms with Gasteiger partial charge in [0.25, 0.3) is 5.56 Å². The lowest BCUT2D eigenvalue weighted by Crippen LogP contribution is -2.30. The highest BCUT2D eigenvalue weighted by molar-refractivity contribution is 5.84. The molecule has 0 radical (unpaired) electrons. The SMILES string of the molecule is C=Cc1ccc(-n2cccc(NC(=O)OC(C)(C)C)c2=O)nc1. The number of carbonyl (C=O) groups excluding carboxylic acids is 1. The molecule has 0 spiro atoms. The van der Waals surface area contributed by atoms with Gasteiger partial charge in [-0.25, -0.2) is 9.78 Å². The molecule has 120 valence electrons. The minimum Gasteiger partial charge on any atom is -0.444 e. The van der Waals surface area contributed by atoms with Gasteiger partial charge in [-0.05, 0) is 50.6 Å². The summed E-state index contributed by atoms with van der Waals surface area (Å²) in [6.07, 6.45) is 4.18. The monoisotopic (exact) mass is 313 g/mol. The molecule has 0 saturated carbocycles. The number of amides is 1. The van der Waals surface area contributed by atoms with E-state index in [0.29, 0.717) is 5.82 Å². The van der Waals surface area contributed by atoms with Crippen LogP contribution in [0.3, 0.4) is 0 Å². The number of anilines is 1. The van der Waals surface area contributed by atoms with Crippen molar-refractivity contribution in [2.45, 2.75) is 26.4 Å². The number of nitrogens with zero attached hydrogens (tertiary/aromatic N) is 2. The quantitative estimate of drug-likeness (QED) is 0.944. The lowest BCUT2D eigenvalue weighted by Gasteiger charge is -2.19. The smallest absolute Gasteiger partial charge is 0.412 e. The summed E-state index contributed by atoms with van der Waals surface area (Å²) in [5, 5.41) is 2.46. The van der Waals surface area contributed by atoms with E-state index >= 15 is 0 Å². The van der Waals surface area contributed by atoms with Gasteiger partial charge in [0.2, 0.25) is 0 Å². The number of hydrogen-bond donors (Lipinski definition) is 1. The van der Waals surface area contributed by atoms with Gasteiger partial charge in [-0.3, -0.25) is 14.7 Å². The predicted molar refractivity (Wildman–Crippen MR) is 89.8 cm³/mol. The van der Waals surface area contributed by atoms with Crippen molar-refractivity contribution in [2.75, 3.05) is 5.32 Å². The minimum absolute atomic E-state index is 0.122. The Morgan fingerprint density at radius 3 is 2.65 bits per heavy atom. The second kappa shape index (κ2) is 6.48. The van der Waals surface area contributed by atoms with Crippen LogP contribution in [0.15, 0.2) is 48.0 Å². The van der Waals surface area contributed by atoms with E-state index in [1.54, 1.807) is 57.4 Å². The second-order valence-corrected chi connectivity index (χ2v) is 5.88. The van der Waals surface area contributed by atoms with Gasteiger partial charge in [-0.15, -0.1) is 0 Å². The molecular formula is C17H19N3O3. The van der Waals surface area contributed by atoms with Gasteiger partial charge in [0, 0.05) is 12.4 Å². The first-order valence-electron chi connectivity index (χ1n) is 7.11. The lowest BCUT2D eigenvalue weighted by atomic mass is 10.2. The van der Waals surface area contributed by atoms with E-state index in [9.17, 15) is 9.59 Å². The van der Waals surface area contributed by atoms with Crippen LogP contribution in [0, 0.1) is 0 Å². The van der Waals surface area contributed by atoms with Crippen LogP contribution in [0.2, 0.25) is 0 Å². The van der Waals surface area contributed by atoms with Crippen LogP contribution < -0.4 is 10.9 Å². The van der Waals surface area contributed by atoms with Crippen molar-refractivity contribution in [1.82, 2.24) is 9.55 Å². The Hall–Kier alpha value is -2.89. The van der Waals surface area contributed by atoms with Crippen molar-refractivity contribution in [3.05, 3.63) is 59.2 Å². The van der Waals surface area contributed by atoms with E-state index in [2.05, 4.69) is 16.9 Å². The maximum Gasteiger partial charge on any atom is 0.412 e. The molecule has 6 heteroatoms. The molecule has 0 atom stereocenters. The molecule has 23 heavy (non-hydrogen) atoms. The van der Waals surface area contributed by atoms with Crippen molar-refractivity contribution in [2.24, 2.45) is 0 Å². The predicted octanol–water partition coefficient (Wildman–Crippen LogP) is 3.22. The molecule has 2 aromatic heterocycles. The van der Waals surface area contributed by atoms with Gasteiger partial charge < -0.3 is 4.74 Å². The van der Waals surface area contributed by atoms with Gasteiger partial charge in [0.15, 0.2) is 0 Å². The zero-order valence-corrected chi connectivity index (χ0v) is 13.4. The molecule has 0 saturated heterocycles. The Labute approximate surface area is 134 Å². The molecule has 2 heterocycles. The standard InChI is InChI=1S/C17H19N3O3/c1-5-12-8-9-14(18-11-12)20-10-6-7-13(15(20)21)19-16(22)23-17(2,3)4/h5-11H,1H2,2-4H3,(H,19,22). The zero-order valence-electron chi connectivity index (χ0n) is 13.4. The van der Waals surface area contributed by atoms with Crippen molar-refractivity contribution in [1.29, 1.82) is 0 Å². The van der Waals surface area contributed by atoms with E-state index in [4.69, 9.17) is 4.74 Å². The van der Waals surface area contributed by atoms with E-state index < -0.39 is 17.3 Å². The van der Waals surface area contributed by atoms with Crippen molar-refractivity contribution in [3.63, 3.8) is 0 Å². The van der Waals surface area contributed by atoms with Crippen LogP contribution in [0.5, 0.6) is 0 Å². The lowest BCUT2D eigenvalue weighted by molar-refractivity contribution is 0.0635. The summed E-state index contributed by atoms with van der Waals surface area (Å²) in [7, 11) is 0. The molecule has 0 aliphatic heterocycles. The Morgan fingerprint density at radius 1 is 1.35 bits per heavy atom. The number of aromatic nitrogens is 2. The minimum atomic E-state index is -0.678. The number of ether oxygens (including phenoxy) is 1. The number of hydrogen-bond acceptors (Lipinski definition) is 4. The van der Waals surface area contributed by atoms with Crippen LogP contribution in [-0.4, -0.2) is 21.2 Å². The molecular weight excluding hydrogens is 294 g/mol. The fraction of sp³-hybridized carbons (Fsp3) is 0.235. The third kappa shape index (κ3) is 4.29. The van der Waals surface area contributed by atoms with Crippen LogP contribution in [0.4, 0.5) is 10.5 Å². The summed E-state index contributed by atoms with van der Waals surface area (Å²) in [6.45, 7) is 8.91. The highest BCUT2D eigenvalue weighted by Gasteiger charge is 2.17. The molecule has 6 nitrogen and oxygen atoms in total. The second-order valence-electron chi connectivity index (χ2n) is 5.88. The third-order valence-electron chi connectivity index (χ3n) is 2.84. The summed E-state index contributed by atoms with van der Waals surface area (Å²) >= 11 is 0. The van der Waals surface area contributed by atoms with E-state index in [-0.39, 0.29) is 5.69 Å². The van der Waals surface area contributed by atoms with Gasteiger partial charge in [-0.2, -0.15) is 0 Å². The maximum absolute atomic E-state index is 12.5. The largest absolute Gasteiger partial charge is 0.444 e. The van der Waals surface area contributed by atoms with Gasteiger partial charge in [0.05, 0.1) is 0 Å². The van der Waals surface area contributed by atoms with Crippen LogP contribution >= 0.6 is 0 Å². The first kappa shape index (κ1) is 16.5. The molecule has 2 aromatic rings. The van der Waals surface area contributed by atoms with Crippen LogP contribution in [0.1, 0.15) is 26.3 Å². The number of nitrogens with one attached hydrogen (secondary N) is 1. The molecule has 0 bridgehead atoms. The highest BCUT2D eigenvalue weighted by Crippen LogP contribution is 2.10. The summed E-state index contributed by atoms with van der Waals surface area (Å²) in [5.74, 6) is 0.452. The highest BCUT2D eigenvalue weighted by atomic mass is 16.6. The van der Waals surface area contributed by atoms with Crippen molar-refractivity contribution < 1.29 is 9.53 Å². The average molecular weight is 313 g/mol. The van der Waals surface area contributed by atoms with Crippen LogP contribution in [-0.2, 0) is 4.74 Å². The van der Waals surface area contributed by atoms with Gasteiger partial charge in [0.1, 0.15) is 17.1 Å². The maximum atomic E-state index is 12.5. The Balaban J connectivity index is 2.29. The van der Waals surface area contributed by atoms with E-state index in [1.807, 2.05) is 0 Å². The Morgan fingerprint density at radius 2 is 2.09 bits per heavy atom. The fourth-order valence-corrected chi connectivity index (χ4v) is 1.84. The summed E-state index contributed by atoms with van der Waals surface area (Å²) in [4.78, 5) is 28.5. The number of pyridine rings is 2. The van der Waals surface area contributed by atoms with Gasteiger partial charge in [-0.1, -0.05) is 12.7 Å². The molecule has 0 aliphatic rings. The third-order valence-corrected chi connectivity index (χ3v) is 2.84. The molecule has 0 unspecified atom stereocenters. The van der Waals surface area contributed by atoms with E-state index in [1.165, 1.54) is 10.6 Å². The van der Waals surface area contributed by atoms with Crippen LogP contribution in [0.25, 0.3) is 11.9 Å². The Bertz CT molecular complexity index is 771. The van der Waals surface area contributed by atoms with E-state index in [0.717, 1.165) is 5.56 Å². The first-order chi connectivity index (χ1) is 10.8. The number of rotatable bonds is 3. The summed E-state index contributed by atoms with van der Waals surface area (Å²) in [5.41, 5.74) is -0.0571. The first-order valence-corrected chi connectivity index (χ1v) is 7.11. The summed E-state index contributed by atoms with van der Waals surface area (Å²) in [6, 6.07) is 6.67. The average Bonchev–Trinajstić information content (AvgIpc) is 2.48. The fourth-order valence-electron chi connectivity index (χ4n) is 1.84. The Kier molecular flexibility index (Phi) is 4.64. The molecule has 1 amide bonds. The van der Waals surface area contributed by atoms with Crippen molar-refractivity contribution >= 4 is 17.9 Å². The molecule has 0 aromatic carbocycles. The molecule has 0 aliphatic carbocycles. The molecule has 1 N–H and O–H groups in total. The zero-order chi connectivity index (χ0) is 17.0. The normalized spacial score (nSPS) is 10.9. The number of carbonyl (C=O) groups is 1.